The van der Waals surface area contributed by atoms with Crippen molar-refractivity contribution >= 4 is 60.5 Å². The van der Waals surface area contributed by atoms with Crippen molar-refractivity contribution in [2.45, 2.75) is 54.1 Å². The van der Waals surface area contributed by atoms with Crippen LogP contribution in [-0.4, -0.2) is 24.8 Å². The number of hydrogen-bond acceptors (Lipinski definition) is 6. The van der Waals surface area contributed by atoms with Crippen LogP contribution in [0.15, 0.2) is 42.1 Å². The normalized spacial score (nSPS) is 11.6. The van der Waals surface area contributed by atoms with Crippen LogP contribution >= 0.6 is 22.7 Å². The van der Waals surface area contributed by atoms with Crippen LogP contribution in [0.5, 0.6) is 0 Å². The van der Waals surface area contributed by atoms with Gasteiger partial charge in [0.1, 0.15) is 11.3 Å². The Labute approximate surface area is 219 Å². The molecule has 0 atom stereocenters. The number of amides is 1. The summed E-state index contributed by atoms with van der Waals surface area (Å²) >= 11 is 3.36. The molecular formula is C29H31NO4S2. The first kappa shape index (κ1) is 25.9. The predicted octanol–water partition coefficient (Wildman–Crippen LogP) is 7.81. The fraction of sp³-hybridized carbons (Fsp3) is 0.310. The number of thiophene rings is 2. The molecule has 7 heteroatoms. The van der Waals surface area contributed by atoms with Crippen LogP contribution in [-0.2, 0) is 14.3 Å². The lowest BCUT2D eigenvalue weighted by atomic mass is 9.93. The van der Waals surface area contributed by atoms with E-state index in [4.69, 9.17) is 9.47 Å². The van der Waals surface area contributed by atoms with Crippen molar-refractivity contribution in [3.63, 3.8) is 0 Å². The summed E-state index contributed by atoms with van der Waals surface area (Å²) in [6.45, 7) is 13.8. The fourth-order valence-corrected chi connectivity index (χ4v) is 6.62. The van der Waals surface area contributed by atoms with Gasteiger partial charge in [-0.3, -0.25) is 5.32 Å². The minimum atomic E-state index is -0.727. The van der Waals surface area contributed by atoms with E-state index in [9.17, 15) is 9.59 Å². The Morgan fingerprint density at radius 3 is 1.69 bits per heavy atom. The molecule has 2 aromatic carbocycles. The van der Waals surface area contributed by atoms with Crippen LogP contribution in [0.25, 0.3) is 25.7 Å². The highest BCUT2D eigenvalue weighted by atomic mass is 32.1. The maximum Gasteiger partial charge on any atom is 0.412 e. The molecule has 0 aliphatic rings. The lowest BCUT2D eigenvalue weighted by Crippen LogP contribution is -2.35. The topological polar surface area (TPSA) is 64.6 Å². The zero-order valence-corrected chi connectivity index (χ0v) is 23.5. The van der Waals surface area contributed by atoms with Crippen molar-refractivity contribution in [1.29, 1.82) is 0 Å². The van der Waals surface area contributed by atoms with E-state index >= 15 is 0 Å². The Hall–Kier alpha value is -3.16. The SMILES string of the molecule is COC(=O)C(NC(=O)OC(C)(C)C)=C(c1cccc2c(C)c(C)sc12)c1cccc2c(C)c(C)sc12. The smallest absolute Gasteiger partial charge is 0.412 e. The molecule has 0 bridgehead atoms. The quantitative estimate of drug-likeness (QED) is 0.220. The predicted molar refractivity (Wildman–Crippen MR) is 150 cm³/mol. The van der Waals surface area contributed by atoms with Gasteiger partial charge in [-0.1, -0.05) is 36.4 Å². The summed E-state index contributed by atoms with van der Waals surface area (Å²) in [5.41, 5.74) is 4.08. The number of carbonyl (C=O) groups excluding carboxylic acids is 2. The van der Waals surface area contributed by atoms with Gasteiger partial charge in [-0.05, 0) is 70.4 Å². The van der Waals surface area contributed by atoms with E-state index in [0.717, 1.165) is 31.3 Å². The van der Waals surface area contributed by atoms with Crippen molar-refractivity contribution in [1.82, 2.24) is 5.32 Å². The second kappa shape index (κ2) is 9.71. The summed E-state index contributed by atoms with van der Waals surface area (Å²) in [5.74, 6) is -0.639. The molecule has 0 saturated carbocycles. The molecule has 0 aliphatic carbocycles. The molecule has 2 aromatic heterocycles. The van der Waals surface area contributed by atoms with Crippen molar-refractivity contribution in [2.75, 3.05) is 7.11 Å². The minimum absolute atomic E-state index is 0.0548. The Bertz CT molecular complexity index is 1440. The van der Waals surface area contributed by atoms with Crippen LogP contribution in [0, 0.1) is 27.7 Å². The van der Waals surface area contributed by atoms with Gasteiger partial charge in [-0.2, -0.15) is 0 Å². The molecule has 0 fully saturated rings. The maximum absolute atomic E-state index is 13.3. The van der Waals surface area contributed by atoms with Crippen LogP contribution in [0.4, 0.5) is 4.79 Å². The molecule has 2 heterocycles. The molecule has 36 heavy (non-hydrogen) atoms. The summed E-state index contributed by atoms with van der Waals surface area (Å²) < 4.78 is 12.8. The van der Waals surface area contributed by atoms with Crippen molar-refractivity contribution in [2.24, 2.45) is 0 Å². The third-order valence-electron chi connectivity index (χ3n) is 6.21. The number of benzene rings is 2. The van der Waals surface area contributed by atoms with Crippen molar-refractivity contribution < 1.29 is 19.1 Å². The average Bonchev–Trinajstić information content (AvgIpc) is 3.27. The van der Waals surface area contributed by atoms with Gasteiger partial charge in [-0.15, -0.1) is 22.7 Å². The van der Waals surface area contributed by atoms with Gasteiger partial charge >= 0.3 is 12.1 Å². The molecule has 0 aliphatic heterocycles. The van der Waals surface area contributed by atoms with Gasteiger partial charge in [0.25, 0.3) is 0 Å². The Morgan fingerprint density at radius 2 is 1.28 bits per heavy atom. The van der Waals surface area contributed by atoms with Crippen molar-refractivity contribution in [3.8, 4) is 0 Å². The molecule has 188 valence electrons. The third-order valence-corrected chi connectivity index (χ3v) is 8.72. The maximum atomic E-state index is 13.3. The average molecular weight is 522 g/mol. The molecule has 0 unspecified atom stereocenters. The molecule has 1 amide bonds. The number of nitrogens with one attached hydrogen (secondary N) is 1. The molecule has 4 rings (SSSR count). The van der Waals surface area contributed by atoms with E-state index in [1.807, 2.05) is 24.3 Å². The number of alkyl carbamates (subject to hydrolysis) is 1. The van der Waals surface area contributed by atoms with Crippen molar-refractivity contribution in [3.05, 3.63) is 74.1 Å². The second-order valence-electron chi connectivity index (χ2n) is 9.80. The summed E-state index contributed by atoms with van der Waals surface area (Å²) in [4.78, 5) is 28.6. The summed E-state index contributed by atoms with van der Waals surface area (Å²) in [6, 6.07) is 12.2. The standard InChI is InChI=1S/C29H31NO4S2/c1-15-17(3)35-25-19(15)11-9-13-21(25)23(22-14-10-12-20-16(2)18(4)36-26(20)22)24(27(31)33-8)30-28(32)34-29(5,6)7/h9-14H,1-8H3,(H,30,32). The van der Waals surface area contributed by atoms with Gasteiger partial charge < -0.3 is 9.47 Å². The summed E-state index contributed by atoms with van der Waals surface area (Å²) in [5, 5.41) is 5.00. The van der Waals surface area contributed by atoms with E-state index in [1.54, 1.807) is 43.4 Å². The van der Waals surface area contributed by atoms with Crippen LogP contribution in [0.1, 0.15) is 52.8 Å². The van der Waals surface area contributed by atoms with Gasteiger partial charge in [0, 0.05) is 35.9 Å². The number of ether oxygens (including phenoxy) is 2. The van der Waals surface area contributed by atoms with Crippen LogP contribution in [0.3, 0.4) is 0 Å². The van der Waals surface area contributed by atoms with Gasteiger partial charge in [-0.25, -0.2) is 9.59 Å². The van der Waals surface area contributed by atoms with Crippen LogP contribution in [0.2, 0.25) is 0 Å². The highest BCUT2D eigenvalue weighted by Gasteiger charge is 2.27. The first-order valence-electron chi connectivity index (χ1n) is 11.7. The number of fused-ring (bicyclic) bond motifs is 2. The molecule has 4 aromatic rings. The first-order chi connectivity index (χ1) is 16.9. The van der Waals surface area contributed by atoms with Gasteiger partial charge in [0.15, 0.2) is 0 Å². The summed E-state index contributed by atoms with van der Waals surface area (Å²) in [7, 11) is 1.32. The van der Waals surface area contributed by atoms with E-state index in [-0.39, 0.29) is 5.70 Å². The molecular weight excluding hydrogens is 490 g/mol. The third kappa shape index (κ3) is 4.77. The van der Waals surface area contributed by atoms with E-state index in [2.05, 4.69) is 45.1 Å². The summed E-state index contributed by atoms with van der Waals surface area (Å²) in [6.07, 6.45) is -0.711. The number of aryl methyl sites for hydroxylation is 4. The minimum Gasteiger partial charge on any atom is -0.464 e. The number of rotatable bonds is 4. The molecule has 1 N–H and O–H groups in total. The van der Waals surface area contributed by atoms with E-state index in [1.165, 1.54) is 28.0 Å². The Balaban J connectivity index is 2.11. The van der Waals surface area contributed by atoms with E-state index < -0.39 is 17.7 Å². The second-order valence-corrected chi connectivity index (χ2v) is 12.2. The monoisotopic (exact) mass is 521 g/mol. The molecule has 0 radical (unpaired) electrons. The molecule has 0 saturated heterocycles. The van der Waals surface area contributed by atoms with Crippen LogP contribution < -0.4 is 5.32 Å². The lowest BCUT2D eigenvalue weighted by molar-refractivity contribution is -0.136. The number of hydrogen-bond donors (Lipinski definition) is 1. The zero-order valence-electron chi connectivity index (χ0n) is 21.9. The highest BCUT2D eigenvalue weighted by molar-refractivity contribution is 7.20. The molecule has 5 nitrogen and oxygen atoms in total. The number of esters is 1. The van der Waals surface area contributed by atoms with E-state index in [0.29, 0.717) is 5.57 Å². The molecule has 0 spiro atoms. The largest absolute Gasteiger partial charge is 0.464 e. The fourth-order valence-electron chi connectivity index (χ4n) is 4.25. The number of methoxy groups -OCH3 is 1. The van der Waals surface area contributed by atoms with Gasteiger partial charge in [0.05, 0.1) is 7.11 Å². The zero-order chi connectivity index (χ0) is 26.4. The highest BCUT2D eigenvalue weighted by Crippen LogP contribution is 2.43. The lowest BCUT2D eigenvalue weighted by Gasteiger charge is -2.22. The van der Waals surface area contributed by atoms with Gasteiger partial charge in [0.2, 0.25) is 0 Å². The Kier molecular flexibility index (Phi) is 6.99. The first-order valence-corrected chi connectivity index (χ1v) is 13.4. The number of carbonyl (C=O) groups is 2. The Morgan fingerprint density at radius 1 is 0.806 bits per heavy atom.